The first-order valence-corrected chi connectivity index (χ1v) is 7.77. The van der Waals surface area contributed by atoms with Crippen LogP contribution in [0.25, 0.3) is 0 Å². The molecule has 0 aromatic carbocycles. The summed E-state index contributed by atoms with van der Waals surface area (Å²) in [4.78, 5) is 4.48. The lowest BCUT2D eigenvalue weighted by atomic mass is 10.3. The van der Waals surface area contributed by atoms with Gasteiger partial charge in [-0.15, -0.1) is 11.8 Å². The maximum atomic E-state index is 5.29. The lowest BCUT2D eigenvalue weighted by Gasteiger charge is -2.17. The highest BCUT2D eigenvalue weighted by atomic mass is 32.2. The Balaban J connectivity index is 2.00. The van der Waals surface area contributed by atoms with Crippen LogP contribution in [0.15, 0.2) is 4.52 Å². The van der Waals surface area contributed by atoms with Gasteiger partial charge in [-0.1, -0.05) is 12.1 Å². The van der Waals surface area contributed by atoms with E-state index in [1.807, 2.05) is 30.4 Å². The first-order chi connectivity index (χ1) is 7.81. The van der Waals surface area contributed by atoms with Crippen LogP contribution < -0.4 is 5.32 Å². The van der Waals surface area contributed by atoms with Crippen molar-refractivity contribution in [2.45, 2.75) is 25.1 Å². The average molecular weight is 259 g/mol. The van der Waals surface area contributed by atoms with Crippen molar-refractivity contribution in [2.24, 2.45) is 0 Å². The molecule has 0 bridgehead atoms. The van der Waals surface area contributed by atoms with Crippen molar-refractivity contribution in [2.75, 3.05) is 23.8 Å². The quantitative estimate of drug-likeness (QED) is 0.895. The first kappa shape index (κ1) is 12.3. The summed E-state index contributed by atoms with van der Waals surface area (Å²) in [5.74, 6) is 5.07. The second kappa shape index (κ2) is 5.93. The van der Waals surface area contributed by atoms with E-state index in [0.717, 1.165) is 18.1 Å². The number of rotatable bonds is 4. The Morgan fingerprint density at radius 1 is 1.56 bits per heavy atom. The van der Waals surface area contributed by atoms with Crippen LogP contribution >= 0.6 is 23.5 Å². The lowest BCUT2D eigenvalue weighted by Crippen LogP contribution is -2.18. The van der Waals surface area contributed by atoms with E-state index in [-0.39, 0.29) is 6.04 Å². The molecular weight excluding hydrogens is 242 g/mol. The molecule has 4 nitrogen and oxygen atoms in total. The van der Waals surface area contributed by atoms with Crippen molar-refractivity contribution in [3.05, 3.63) is 11.7 Å². The van der Waals surface area contributed by atoms with E-state index in [4.69, 9.17) is 4.52 Å². The molecule has 1 fully saturated rings. The van der Waals surface area contributed by atoms with Gasteiger partial charge in [-0.3, -0.25) is 0 Å². The summed E-state index contributed by atoms with van der Waals surface area (Å²) in [6.45, 7) is 5.03. The molecule has 0 amide bonds. The maximum absolute atomic E-state index is 5.29. The summed E-state index contributed by atoms with van der Waals surface area (Å²) < 4.78 is 5.29. The summed E-state index contributed by atoms with van der Waals surface area (Å²) in [6.07, 6.45) is 0. The minimum atomic E-state index is 0.146. The van der Waals surface area contributed by atoms with Crippen molar-refractivity contribution in [3.8, 4) is 0 Å². The van der Waals surface area contributed by atoms with E-state index in [1.54, 1.807) is 0 Å². The van der Waals surface area contributed by atoms with E-state index in [9.17, 15) is 0 Å². The Morgan fingerprint density at radius 2 is 2.44 bits per heavy atom. The molecule has 0 saturated carbocycles. The maximum Gasteiger partial charge on any atom is 0.243 e. The van der Waals surface area contributed by atoms with Crippen LogP contribution in [-0.4, -0.2) is 33.9 Å². The van der Waals surface area contributed by atoms with Gasteiger partial charge < -0.3 is 9.84 Å². The largest absolute Gasteiger partial charge is 0.338 e. The summed E-state index contributed by atoms with van der Waals surface area (Å²) in [6, 6.07) is 0.146. The van der Waals surface area contributed by atoms with Gasteiger partial charge in [-0.2, -0.15) is 16.7 Å². The zero-order valence-electron chi connectivity index (χ0n) is 9.60. The third-order valence-electron chi connectivity index (χ3n) is 2.44. The molecule has 0 spiro atoms. The molecule has 6 heteroatoms. The Labute approximate surface area is 104 Å². The average Bonchev–Trinajstić information content (AvgIpc) is 2.80. The van der Waals surface area contributed by atoms with Crippen molar-refractivity contribution in [1.82, 2.24) is 15.5 Å². The minimum Gasteiger partial charge on any atom is -0.338 e. The molecule has 90 valence electrons. The molecule has 2 atom stereocenters. The smallest absolute Gasteiger partial charge is 0.243 e. The summed E-state index contributed by atoms with van der Waals surface area (Å²) in [7, 11) is 0. The molecule has 1 aromatic heterocycles. The van der Waals surface area contributed by atoms with Crippen LogP contribution in [0.3, 0.4) is 0 Å². The number of nitrogens with zero attached hydrogens (tertiary/aromatic N) is 2. The van der Waals surface area contributed by atoms with Crippen LogP contribution in [0.4, 0.5) is 0 Å². The normalized spacial score (nSPS) is 23.2. The highest BCUT2D eigenvalue weighted by molar-refractivity contribution is 8.06. The zero-order chi connectivity index (χ0) is 11.4. The fraction of sp³-hybridized carbons (Fsp3) is 0.800. The van der Waals surface area contributed by atoms with Gasteiger partial charge in [0.25, 0.3) is 0 Å². The fourth-order valence-corrected chi connectivity index (χ4v) is 4.17. The Bertz CT molecular complexity index is 326. The molecule has 1 aliphatic heterocycles. The van der Waals surface area contributed by atoms with Crippen LogP contribution in [-0.2, 0) is 0 Å². The minimum absolute atomic E-state index is 0.146. The lowest BCUT2D eigenvalue weighted by molar-refractivity contribution is 0.338. The Morgan fingerprint density at radius 3 is 3.12 bits per heavy atom. The first-order valence-electron chi connectivity index (χ1n) is 5.57. The second-order valence-electron chi connectivity index (χ2n) is 3.70. The molecule has 1 saturated heterocycles. The summed E-state index contributed by atoms with van der Waals surface area (Å²) >= 11 is 3.90. The molecule has 1 aromatic rings. The molecule has 0 radical (unpaired) electrons. The van der Waals surface area contributed by atoms with Crippen LogP contribution in [0.5, 0.6) is 0 Å². The molecule has 0 aliphatic carbocycles. The number of thioether (sulfide) groups is 2. The highest BCUT2D eigenvalue weighted by Crippen LogP contribution is 2.35. The van der Waals surface area contributed by atoms with E-state index in [0.29, 0.717) is 11.1 Å². The van der Waals surface area contributed by atoms with E-state index in [1.165, 1.54) is 11.5 Å². The van der Waals surface area contributed by atoms with Crippen LogP contribution in [0, 0.1) is 0 Å². The molecular formula is C10H17N3OS2. The Kier molecular flexibility index (Phi) is 4.55. The van der Waals surface area contributed by atoms with Crippen molar-refractivity contribution < 1.29 is 4.52 Å². The van der Waals surface area contributed by atoms with E-state index < -0.39 is 0 Å². The molecule has 1 aliphatic rings. The van der Waals surface area contributed by atoms with Gasteiger partial charge in [-0.05, 0) is 13.5 Å². The van der Waals surface area contributed by atoms with Gasteiger partial charge in [0.15, 0.2) is 5.82 Å². The second-order valence-corrected chi connectivity index (χ2v) is 6.16. The van der Waals surface area contributed by atoms with Gasteiger partial charge >= 0.3 is 0 Å². The predicted molar refractivity (Wildman–Crippen MR) is 68.9 cm³/mol. The van der Waals surface area contributed by atoms with Crippen LogP contribution in [0.2, 0.25) is 0 Å². The van der Waals surface area contributed by atoms with Crippen LogP contribution in [0.1, 0.15) is 36.9 Å². The molecule has 16 heavy (non-hydrogen) atoms. The zero-order valence-corrected chi connectivity index (χ0v) is 11.2. The number of nitrogens with one attached hydrogen (secondary N) is 1. The van der Waals surface area contributed by atoms with Crippen molar-refractivity contribution in [3.63, 3.8) is 0 Å². The fourth-order valence-electron chi connectivity index (χ4n) is 1.58. The summed E-state index contributed by atoms with van der Waals surface area (Å²) in [5, 5.41) is 7.76. The standard InChI is InChI=1S/C10H17N3OS2/c1-3-11-7(2)10-12-9(13-14-10)8-6-15-4-5-16-8/h7-8,11H,3-6H2,1-2H3. The Hall–Kier alpha value is -0.200. The van der Waals surface area contributed by atoms with Gasteiger partial charge in [0.05, 0.1) is 11.3 Å². The highest BCUT2D eigenvalue weighted by Gasteiger charge is 2.23. The third-order valence-corrected chi connectivity index (χ3v) is 5.19. The number of hydrogen-bond acceptors (Lipinski definition) is 6. The van der Waals surface area contributed by atoms with Gasteiger partial charge in [0, 0.05) is 17.3 Å². The van der Waals surface area contributed by atoms with Gasteiger partial charge in [0.2, 0.25) is 5.89 Å². The van der Waals surface area contributed by atoms with Gasteiger partial charge in [0.1, 0.15) is 0 Å². The van der Waals surface area contributed by atoms with E-state index >= 15 is 0 Å². The third kappa shape index (κ3) is 2.93. The number of hydrogen-bond donors (Lipinski definition) is 1. The molecule has 2 unspecified atom stereocenters. The topological polar surface area (TPSA) is 51.0 Å². The van der Waals surface area contributed by atoms with Crippen molar-refractivity contribution >= 4 is 23.5 Å². The SMILES string of the molecule is CCNC(C)c1nc(C2CSCCS2)no1. The van der Waals surface area contributed by atoms with Crippen molar-refractivity contribution in [1.29, 1.82) is 0 Å². The van der Waals surface area contributed by atoms with Gasteiger partial charge in [-0.25, -0.2) is 0 Å². The predicted octanol–water partition coefficient (Wildman–Crippen LogP) is 2.26. The number of aromatic nitrogens is 2. The summed E-state index contributed by atoms with van der Waals surface area (Å²) in [5.41, 5.74) is 0. The molecule has 1 N–H and O–H groups in total. The molecule has 2 rings (SSSR count). The monoisotopic (exact) mass is 259 g/mol. The molecule has 2 heterocycles. The van der Waals surface area contributed by atoms with E-state index in [2.05, 4.69) is 22.4 Å².